The van der Waals surface area contributed by atoms with E-state index in [2.05, 4.69) is 0 Å². The Labute approximate surface area is 124 Å². The average Bonchev–Trinajstić information content (AvgIpc) is 2.45. The fourth-order valence-electron chi connectivity index (χ4n) is 2.39. The zero-order valence-electron chi connectivity index (χ0n) is 12.7. The molecule has 0 radical (unpaired) electrons. The lowest BCUT2D eigenvalue weighted by molar-refractivity contribution is -0.146. The van der Waals surface area contributed by atoms with Crippen molar-refractivity contribution < 1.29 is 19.0 Å². The molecule has 116 valence electrons. The van der Waals surface area contributed by atoms with Gasteiger partial charge in [0.05, 0.1) is 18.8 Å². The highest BCUT2D eigenvalue weighted by Gasteiger charge is 2.32. The minimum absolute atomic E-state index is 0.0199. The van der Waals surface area contributed by atoms with Gasteiger partial charge in [-0.1, -0.05) is 6.07 Å². The molecule has 0 saturated heterocycles. The summed E-state index contributed by atoms with van der Waals surface area (Å²) in [5, 5.41) is 0. The lowest BCUT2D eigenvalue weighted by Crippen LogP contribution is -2.48. The summed E-state index contributed by atoms with van der Waals surface area (Å²) in [7, 11) is 1.57. The lowest BCUT2D eigenvalue weighted by atomic mass is 10.1. The smallest absolute Gasteiger partial charge is 0.328 e. The summed E-state index contributed by atoms with van der Waals surface area (Å²) in [6.45, 7) is 4.99. The van der Waals surface area contributed by atoms with Crippen LogP contribution in [0.1, 0.15) is 13.8 Å². The van der Waals surface area contributed by atoms with Crippen molar-refractivity contribution in [2.24, 2.45) is 0 Å². The van der Waals surface area contributed by atoms with Crippen molar-refractivity contribution in [1.82, 2.24) is 0 Å². The van der Waals surface area contributed by atoms with Gasteiger partial charge < -0.3 is 24.8 Å². The van der Waals surface area contributed by atoms with Crippen LogP contribution in [0.2, 0.25) is 0 Å². The van der Waals surface area contributed by atoms with Crippen LogP contribution in [0.5, 0.6) is 5.75 Å². The first-order valence-corrected chi connectivity index (χ1v) is 7.02. The summed E-state index contributed by atoms with van der Waals surface area (Å²) in [5.41, 5.74) is 7.39. The molecule has 1 aliphatic heterocycles. The molecule has 1 aliphatic rings. The van der Waals surface area contributed by atoms with Gasteiger partial charge in [-0.3, -0.25) is 0 Å². The third-order valence-corrected chi connectivity index (χ3v) is 3.44. The van der Waals surface area contributed by atoms with Gasteiger partial charge >= 0.3 is 5.97 Å². The van der Waals surface area contributed by atoms with Gasteiger partial charge in [-0.2, -0.15) is 0 Å². The number of nitrogens with two attached hydrogens (primary N) is 1. The van der Waals surface area contributed by atoms with Crippen molar-refractivity contribution in [3.05, 3.63) is 18.2 Å². The van der Waals surface area contributed by atoms with Gasteiger partial charge in [0.2, 0.25) is 0 Å². The van der Waals surface area contributed by atoms with Crippen molar-refractivity contribution >= 4 is 17.3 Å². The van der Waals surface area contributed by atoms with Crippen molar-refractivity contribution in [3.8, 4) is 5.75 Å². The fourth-order valence-corrected chi connectivity index (χ4v) is 2.39. The summed E-state index contributed by atoms with van der Waals surface area (Å²) >= 11 is 0. The quantitative estimate of drug-likeness (QED) is 0.503. The summed E-state index contributed by atoms with van der Waals surface area (Å²) in [4.78, 5) is 14.1. The lowest BCUT2D eigenvalue weighted by Gasteiger charge is -2.38. The Kier molecular flexibility index (Phi) is 4.90. The van der Waals surface area contributed by atoms with E-state index in [-0.39, 0.29) is 18.7 Å². The van der Waals surface area contributed by atoms with E-state index in [1.54, 1.807) is 13.2 Å². The molecular formula is C15H22N2O4. The molecule has 1 aromatic carbocycles. The number of nitrogens with zero attached hydrogens (tertiary/aromatic N) is 1. The number of hydrogen-bond donors (Lipinski definition) is 1. The van der Waals surface area contributed by atoms with E-state index in [0.29, 0.717) is 24.6 Å². The molecule has 2 atom stereocenters. The summed E-state index contributed by atoms with van der Waals surface area (Å²) in [5.74, 6) is 0.403. The monoisotopic (exact) mass is 294 g/mol. The largest absolute Gasteiger partial charge is 0.487 e. The predicted octanol–water partition coefficient (Wildman–Crippen LogP) is 1.43. The van der Waals surface area contributed by atoms with Gasteiger partial charge in [0.25, 0.3) is 0 Å². The number of anilines is 2. The van der Waals surface area contributed by atoms with Crippen LogP contribution in [0.25, 0.3) is 0 Å². The highest BCUT2D eigenvalue weighted by Crippen LogP contribution is 2.39. The number of ether oxygens (including phenoxy) is 3. The van der Waals surface area contributed by atoms with Gasteiger partial charge in [-0.15, -0.1) is 0 Å². The number of rotatable bonds is 5. The average molecular weight is 294 g/mol. The van der Waals surface area contributed by atoms with Crippen LogP contribution in [-0.4, -0.2) is 45.0 Å². The maximum Gasteiger partial charge on any atom is 0.328 e. The highest BCUT2D eigenvalue weighted by molar-refractivity contribution is 5.85. The van der Waals surface area contributed by atoms with Crippen molar-refractivity contribution in [2.45, 2.75) is 26.0 Å². The topological polar surface area (TPSA) is 74.0 Å². The van der Waals surface area contributed by atoms with E-state index in [9.17, 15) is 4.79 Å². The number of fused-ring (bicyclic) bond motifs is 1. The van der Waals surface area contributed by atoms with Gasteiger partial charge in [0.1, 0.15) is 30.2 Å². The third kappa shape index (κ3) is 3.39. The number of carbonyl (C=O) groups excluding carboxylic acids is 1. The zero-order chi connectivity index (χ0) is 15.4. The number of benzene rings is 1. The van der Waals surface area contributed by atoms with Crippen molar-refractivity contribution in [2.75, 3.05) is 37.5 Å². The van der Waals surface area contributed by atoms with E-state index in [0.717, 1.165) is 5.69 Å². The Morgan fingerprint density at radius 3 is 3.00 bits per heavy atom. The number of esters is 1. The Hall–Kier alpha value is -1.95. The SMILES string of the molecule is COCCOC(=O)C(C)N1CC(C)Oc2cccc(N)c21. The number of para-hydroxylation sites is 1. The molecule has 0 aliphatic carbocycles. The first-order chi connectivity index (χ1) is 10.0. The molecule has 21 heavy (non-hydrogen) atoms. The number of nitrogen functional groups attached to an aromatic ring is 1. The molecule has 0 bridgehead atoms. The predicted molar refractivity (Wildman–Crippen MR) is 80.6 cm³/mol. The van der Waals surface area contributed by atoms with Crippen LogP contribution in [-0.2, 0) is 14.3 Å². The second-order valence-electron chi connectivity index (χ2n) is 5.11. The minimum Gasteiger partial charge on any atom is -0.487 e. The second-order valence-corrected chi connectivity index (χ2v) is 5.11. The van der Waals surface area contributed by atoms with E-state index < -0.39 is 6.04 Å². The number of hydrogen-bond acceptors (Lipinski definition) is 6. The number of methoxy groups -OCH3 is 1. The molecule has 0 aromatic heterocycles. The van der Waals surface area contributed by atoms with E-state index in [4.69, 9.17) is 19.9 Å². The van der Waals surface area contributed by atoms with Crippen LogP contribution >= 0.6 is 0 Å². The van der Waals surface area contributed by atoms with Gasteiger partial charge in [0, 0.05) is 7.11 Å². The fraction of sp³-hybridized carbons (Fsp3) is 0.533. The summed E-state index contributed by atoms with van der Waals surface area (Å²) in [6.07, 6.45) is -0.0199. The Morgan fingerprint density at radius 2 is 2.29 bits per heavy atom. The Morgan fingerprint density at radius 1 is 1.52 bits per heavy atom. The van der Waals surface area contributed by atoms with E-state index in [1.165, 1.54) is 0 Å². The molecule has 1 aromatic rings. The molecule has 0 saturated carbocycles. The molecule has 2 unspecified atom stereocenters. The maximum atomic E-state index is 12.1. The second kappa shape index (κ2) is 6.67. The molecule has 2 rings (SSSR count). The standard InChI is InChI=1S/C15H22N2O4/c1-10-9-17(11(2)15(18)20-8-7-19-3)14-12(16)5-4-6-13(14)21-10/h4-6,10-11H,7-9,16H2,1-3H3. The molecule has 0 spiro atoms. The summed E-state index contributed by atoms with van der Waals surface area (Å²) < 4.78 is 15.9. The normalized spacial score (nSPS) is 18.6. The van der Waals surface area contributed by atoms with Gasteiger partial charge in [-0.05, 0) is 26.0 Å². The first kappa shape index (κ1) is 15.4. The maximum absolute atomic E-state index is 12.1. The minimum atomic E-state index is -0.434. The Balaban J connectivity index is 2.18. The molecule has 0 amide bonds. The van der Waals surface area contributed by atoms with Crippen molar-refractivity contribution in [1.29, 1.82) is 0 Å². The Bertz CT molecular complexity index is 506. The van der Waals surface area contributed by atoms with Crippen LogP contribution in [0.4, 0.5) is 11.4 Å². The first-order valence-electron chi connectivity index (χ1n) is 7.02. The van der Waals surface area contributed by atoms with E-state index in [1.807, 2.05) is 30.9 Å². The van der Waals surface area contributed by atoms with E-state index >= 15 is 0 Å². The molecule has 2 N–H and O–H groups in total. The zero-order valence-corrected chi connectivity index (χ0v) is 12.7. The van der Waals surface area contributed by atoms with Crippen LogP contribution < -0.4 is 15.4 Å². The van der Waals surface area contributed by atoms with Gasteiger partial charge in [0.15, 0.2) is 0 Å². The van der Waals surface area contributed by atoms with Gasteiger partial charge in [-0.25, -0.2) is 4.79 Å². The van der Waals surface area contributed by atoms with Crippen LogP contribution in [0, 0.1) is 0 Å². The molecule has 6 nitrogen and oxygen atoms in total. The summed E-state index contributed by atoms with van der Waals surface area (Å²) in [6, 6.07) is 5.06. The number of carbonyl (C=O) groups is 1. The van der Waals surface area contributed by atoms with Crippen LogP contribution in [0.15, 0.2) is 18.2 Å². The van der Waals surface area contributed by atoms with Crippen molar-refractivity contribution in [3.63, 3.8) is 0 Å². The third-order valence-electron chi connectivity index (χ3n) is 3.44. The van der Waals surface area contributed by atoms with Crippen LogP contribution in [0.3, 0.4) is 0 Å². The molecule has 1 heterocycles. The highest BCUT2D eigenvalue weighted by atomic mass is 16.6. The molecular weight excluding hydrogens is 272 g/mol. The molecule has 6 heteroatoms. The molecule has 0 fully saturated rings.